The first kappa shape index (κ1) is 20.0. The van der Waals surface area contributed by atoms with E-state index in [0.29, 0.717) is 19.7 Å². The molecule has 1 unspecified atom stereocenters. The van der Waals surface area contributed by atoms with Crippen molar-refractivity contribution in [3.8, 4) is 5.75 Å². The van der Waals surface area contributed by atoms with E-state index in [1.54, 1.807) is 4.90 Å². The van der Waals surface area contributed by atoms with Crippen LogP contribution in [0.2, 0.25) is 0 Å². The molecule has 0 aromatic heterocycles. The van der Waals surface area contributed by atoms with E-state index in [1.807, 2.05) is 0 Å². The molecular formula is C19H21F3N2O5. The number of hydrogen-bond donors (Lipinski definition) is 0. The summed E-state index contributed by atoms with van der Waals surface area (Å²) in [5.41, 5.74) is 0.235. The summed E-state index contributed by atoms with van der Waals surface area (Å²) in [5.74, 6) is -1.63. The molecule has 1 atom stereocenters. The van der Waals surface area contributed by atoms with Gasteiger partial charge in [0.15, 0.2) is 0 Å². The smallest absolute Gasteiger partial charge is 0.406 e. The normalized spacial score (nSPS) is 25.2. The second kappa shape index (κ2) is 7.49. The third kappa shape index (κ3) is 4.64. The fourth-order valence-electron chi connectivity index (χ4n) is 3.63. The number of halogens is 3. The Bertz CT molecular complexity index is 777. The summed E-state index contributed by atoms with van der Waals surface area (Å²) in [4.78, 5) is 28.5. The second-order valence-corrected chi connectivity index (χ2v) is 7.44. The van der Waals surface area contributed by atoms with Crippen LogP contribution in [0, 0.1) is 5.92 Å². The van der Waals surface area contributed by atoms with Crippen LogP contribution in [-0.2, 0) is 14.3 Å². The van der Waals surface area contributed by atoms with Gasteiger partial charge in [0, 0.05) is 24.6 Å². The van der Waals surface area contributed by atoms with Crippen LogP contribution >= 0.6 is 0 Å². The molecule has 1 aromatic rings. The molecule has 158 valence electrons. The van der Waals surface area contributed by atoms with E-state index in [2.05, 4.69) is 4.74 Å². The number of carbonyl (C=O) groups excluding carboxylic acids is 2. The first-order valence-corrected chi connectivity index (χ1v) is 9.46. The lowest BCUT2D eigenvalue weighted by molar-refractivity contribution is -0.284. The lowest BCUT2D eigenvalue weighted by Gasteiger charge is -2.47. The molecule has 2 saturated heterocycles. The molecule has 1 aliphatic carbocycles. The van der Waals surface area contributed by atoms with E-state index in [1.165, 1.54) is 17.0 Å². The largest absolute Gasteiger partial charge is 0.573 e. The van der Waals surface area contributed by atoms with Gasteiger partial charge in [-0.15, -0.1) is 13.2 Å². The summed E-state index contributed by atoms with van der Waals surface area (Å²) in [6.45, 7) is 1.78. The van der Waals surface area contributed by atoms with Crippen LogP contribution < -0.4 is 4.74 Å². The number of morpholine rings is 2. The van der Waals surface area contributed by atoms with Crippen molar-refractivity contribution in [3.63, 3.8) is 0 Å². The number of nitrogens with zero attached hydrogens (tertiary/aromatic N) is 2. The van der Waals surface area contributed by atoms with E-state index in [0.717, 1.165) is 25.0 Å². The average Bonchev–Trinajstić information content (AvgIpc) is 3.51. The summed E-state index contributed by atoms with van der Waals surface area (Å²) in [7, 11) is 0. The highest BCUT2D eigenvalue weighted by atomic mass is 19.4. The lowest BCUT2D eigenvalue weighted by atomic mass is 10.1. The van der Waals surface area contributed by atoms with Gasteiger partial charge in [-0.25, -0.2) is 0 Å². The molecule has 2 heterocycles. The Balaban J connectivity index is 1.42. The van der Waals surface area contributed by atoms with E-state index in [9.17, 15) is 22.8 Å². The first-order valence-electron chi connectivity index (χ1n) is 9.46. The first-order chi connectivity index (χ1) is 13.7. The maximum Gasteiger partial charge on any atom is 0.573 e. The molecule has 0 bridgehead atoms. The highest BCUT2D eigenvalue weighted by Crippen LogP contribution is 2.33. The standard InChI is InChI=1S/C19H21F3N2O5/c20-19(21,22)29-15-5-3-14(4-6-15)17(26)24-8-10-28-18(12-24)11-23(7-9-27-18)16(25)13-1-2-13/h3-6,13H,1-2,7-12H2. The zero-order chi connectivity index (χ0) is 20.6. The van der Waals surface area contributed by atoms with Gasteiger partial charge in [-0.05, 0) is 37.1 Å². The van der Waals surface area contributed by atoms with Crippen molar-refractivity contribution in [2.45, 2.75) is 25.0 Å². The third-order valence-corrected chi connectivity index (χ3v) is 5.18. The number of benzene rings is 1. The summed E-state index contributed by atoms with van der Waals surface area (Å²) in [6.07, 6.45) is -2.98. The van der Waals surface area contributed by atoms with Crippen molar-refractivity contribution in [1.82, 2.24) is 9.80 Å². The van der Waals surface area contributed by atoms with Crippen molar-refractivity contribution in [2.75, 3.05) is 39.4 Å². The van der Waals surface area contributed by atoms with Gasteiger partial charge < -0.3 is 24.0 Å². The SMILES string of the molecule is O=C(c1ccc(OC(F)(F)F)cc1)N1CCOC2(C1)CN(C(=O)C1CC1)CCO2. The van der Waals surface area contributed by atoms with Gasteiger partial charge in [0.25, 0.3) is 5.91 Å². The molecule has 0 N–H and O–H groups in total. The van der Waals surface area contributed by atoms with Gasteiger partial charge in [-0.3, -0.25) is 9.59 Å². The van der Waals surface area contributed by atoms with Crippen LogP contribution in [0.4, 0.5) is 13.2 Å². The fourth-order valence-corrected chi connectivity index (χ4v) is 3.63. The average molecular weight is 414 g/mol. The van der Waals surface area contributed by atoms with Crippen molar-refractivity contribution in [2.24, 2.45) is 5.92 Å². The van der Waals surface area contributed by atoms with Crippen LogP contribution in [0.15, 0.2) is 24.3 Å². The topological polar surface area (TPSA) is 68.3 Å². The number of amides is 2. The fraction of sp³-hybridized carbons (Fsp3) is 0.579. The van der Waals surface area contributed by atoms with Crippen molar-refractivity contribution < 1.29 is 37.0 Å². The molecule has 1 saturated carbocycles. The minimum absolute atomic E-state index is 0.0870. The Morgan fingerprint density at radius 3 is 2.17 bits per heavy atom. The van der Waals surface area contributed by atoms with Gasteiger partial charge in [0.05, 0.1) is 26.3 Å². The number of alkyl halides is 3. The maximum absolute atomic E-state index is 12.8. The van der Waals surface area contributed by atoms with Crippen LogP contribution in [0.5, 0.6) is 5.75 Å². The Hall–Kier alpha value is -2.33. The number of hydrogen-bond acceptors (Lipinski definition) is 5. The van der Waals surface area contributed by atoms with Gasteiger partial charge in [0.1, 0.15) is 5.75 Å². The predicted molar refractivity (Wildman–Crippen MR) is 93.0 cm³/mol. The Kier molecular flexibility index (Phi) is 5.16. The molecule has 2 amide bonds. The highest BCUT2D eigenvalue weighted by Gasteiger charge is 2.46. The molecule has 2 aliphatic heterocycles. The molecule has 4 rings (SSSR count). The van der Waals surface area contributed by atoms with Gasteiger partial charge in [-0.1, -0.05) is 0 Å². The number of ether oxygens (including phenoxy) is 3. The van der Waals surface area contributed by atoms with Crippen LogP contribution in [0.1, 0.15) is 23.2 Å². The molecule has 3 fully saturated rings. The minimum atomic E-state index is -4.79. The maximum atomic E-state index is 12.8. The molecule has 0 radical (unpaired) electrons. The Morgan fingerprint density at radius 2 is 1.59 bits per heavy atom. The van der Waals surface area contributed by atoms with Crippen molar-refractivity contribution in [3.05, 3.63) is 29.8 Å². The number of carbonyl (C=O) groups is 2. The van der Waals surface area contributed by atoms with E-state index in [-0.39, 0.29) is 43.0 Å². The highest BCUT2D eigenvalue weighted by molar-refractivity contribution is 5.94. The molecule has 10 heteroatoms. The summed E-state index contributed by atoms with van der Waals surface area (Å²) in [5, 5.41) is 0. The van der Waals surface area contributed by atoms with Gasteiger partial charge in [-0.2, -0.15) is 0 Å². The Morgan fingerprint density at radius 1 is 1.00 bits per heavy atom. The zero-order valence-electron chi connectivity index (χ0n) is 15.6. The molecule has 1 aromatic carbocycles. The number of rotatable bonds is 3. The molecule has 7 nitrogen and oxygen atoms in total. The monoisotopic (exact) mass is 414 g/mol. The minimum Gasteiger partial charge on any atom is -0.406 e. The predicted octanol–water partition coefficient (Wildman–Crippen LogP) is 2.02. The van der Waals surface area contributed by atoms with Gasteiger partial charge >= 0.3 is 6.36 Å². The van der Waals surface area contributed by atoms with E-state index >= 15 is 0 Å². The molecular weight excluding hydrogens is 393 g/mol. The lowest BCUT2D eigenvalue weighted by Crippen LogP contribution is -2.63. The molecule has 1 spiro atoms. The summed E-state index contributed by atoms with van der Waals surface area (Å²) < 4.78 is 52.3. The quantitative estimate of drug-likeness (QED) is 0.757. The van der Waals surface area contributed by atoms with Crippen molar-refractivity contribution in [1.29, 1.82) is 0 Å². The van der Waals surface area contributed by atoms with Crippen LogP contribution in [0.3, 0.4) is 0 Å². The summed E-state index contributed by atoms with van der Waals surface area (Å²) in [6, 6.07) is 4.78. The zero-order valence-corrected chi connectivity index (χ0v) is 15.6. The van der Waals surface area contributed by atoms with E-state index in [4.69, 9.17) is 9.47 Å². The second-order valence-electron chi connectivity index (χ2n) is 7.44. The van der Waals surface area contributed by atoms with E-state index < -0.39 is 17.9 Å². The van der Waals surface area contributed by atoms with Crippen molar-refractivity contribution >= 4 is 11.8 Å². The Labute approximate surface area is 165 Å². The third-order valence-electron chi connectivity index (χ3n) is 5.18. The molecule has 29 heavy (non-hydrogen) atoms. The van der Waals surface area contributed by atoms with Gasteiger partial charge in [0.2, 0.25) is 11.7 Å². The molecule has 3 aliphatic rings. The van der Waals surface area contributed by atoms with Crippen LogP contribution in [0.25, 0.3) is 0 Å². The summed E-state index contributed by atoms with van der Waals surface area (Å²) >= 11 is 0. The van der Waals surface area contributed by atoms with Crippen LogP contribution in [-0.4, -0.2) is 73.2 Å².